The summed E-state index contributed by atoms with van der Waals surface area (Å²) in [5.74, 6) is 1.31. The van der Waals surface area contributed by atoms with Gasteiger partial charge < -0.3 is 19.5 Å². The number of aliphatic hydroxyl groups is 1. The maximum Gasteiger partial charge on any atom is 0.246 e. The van der Waals surface area contributed by atoms with Crippen LogP contribution in [0, 0.1) is 0 Å². The van der Waals surface area contributed by atoms with Crippen molar-refractivity contribution in [3.63, 3.8) is 0 Å². The van der Waals surface area contributed by atoms with E-state index in [1.807, 2.05) is 32.0 Å². The number of nitrogens with zero attached hydrogens (tertiary/aromatic N) is 1. The van der Waals surface area contributed by atoms with Crippen molar-refractivity contribution in [2.75, 3.05) is 20.2 Å². The smallest absolute Gasteiger partial charge is 0.246 e. The Morgan fingerprint density at radius 1 is 1.30 bits per heavy atom. The Kier molecular flexibility index (Phi) is 6.04. The van der Waals surface area contributed by atoms with E-state index < -0.39 is 0 Å². The molecule has 2 rings (SSSR count). The lowest BCUT2D eigenvalue weighted by atomic mass is 10.1. The summed E-state index contributed by atoms with van der Waals surface area (Å²) in [6.07, 6.45) is 4.43. The zero-order valence-corrected chi connectivity index (χ0v) is 14.0. The van der Waals surface area contributed by atoms with Gasteiger partial charge >= 0.3 is 0 Å². The number of amides is 1. The predicted octanol–water partition coefficient (Wildman–Crippen LogP) is 2.48. The molecule has 1 aliphatic heterocycles. The lowest BCUT2D eigenvalue weighted by Crippen LogP contribution is -2.39. The summed E-state index contributed by atoms with van der Waals surface area (Å²) < 4.78 is 11.0. The number of carbonyl (C=O) groups is 1. The van der Waals surface area contributed by atoms with Gasteiger partial charge in [-0.2, -0.15) is 0 Å². The molecule has 0 unspecified atom stereocenters. The molecule has 0 radical (unpaired) electrons. The molecule has 5 heteroatoms. The van der Waals surface area contributed by atoms with Gasteiger partial charge in [-0.3, -0.25) is 4.79 Å². The molecule has 1 aromatic carbocycles. The van der Waals surface area contributed by atoms with Crippen molar-refractivity contribution in [3.8, 4) is 11.5 Å². The van der Waals surface area contributed by atoms with E-state index in [4.69, 9.17) is 9.47 Å². The van der Waals surface area contributed by atoms with Crippen LogP contribution in [0.15, 0.2) is 24.3 Å². The number of rotatable bonds is 5. The van der Waals surface area contributed by atoms with Crippen LogP contribution in [0.25, 0.3) is 6.08 Å². The minimum absolute atomic E-state index is 0.0293. The summed E-state index contributed by atoms with van der Waals surface area (Å²) in [6, 6.07) is 5.59. The molecule has 1 fully saturated rings. The quantitative estimate of drug-likeness (QED) is 0.847. The summed E-state index contributed by atoms with van der Waals surface area (Å²) in [5.41, 5.74) is 0.878. The lowest BCUT2D eigenvalue weighted by Gasteiger charge is -2.28. The standard InChI is InChI=1S/C18H25NO4/c1-13(2)23-16-6-4-14(12-17(16)22-3)5-7-18(21)19-10-8-15(20)9-11-19/h4-7,12-13,15,20H,8-11H2,1-3H3/b7-5+. The van der Waals surface area contributed by atoms with Crippen LogP contribution in [0.3, 0.4) is 0 Å². The van der Waals surface area contributed by atoms with E-state index in [1.165, 1.54) is 0 Å². The van der Waals surface area contributed by atoms with Crippen LogP contribution in [0.4, 0.5) is 0 Å². The van der Waals surface area contributed by atoms with Crippen LogP contribution in [-0.4, -0.2) is 48.3 Å². The molecule has 1 amide bonds. The number of aliphatic hydroxyl groups excluding tert-OH is 1. The van der Waals surface area contributed by atoms with Gasteiger partial charge in [0.05, 0.1) is 19.3 Å². The predicted molar refractivity (Wildman–Crippen MR) is 89.6 cm³/mol. The molecule has 1 aromatic rings. The van der Waals surface area contributed by atoms with E-state index in [1.54, 1.807) is 24.2 Å². The summed E-state index contributed by atoms with van der Waals surface area (Å²) in [4.78, 5) is 13.9. The number of hydrogen-bond acceptors (Lipinski definition) is 4. The second-order valence-corrected chi connectivity index (χ2v) is 5.97. The first-order valence-electron chi connectivity index (χ1n) is 7.99. The number of hydrogen-bond donors (Lipinski definition) is 1. The molecule has 0 bridgehead atoms. The highest BCUT2D eigenvalue weighted by Crippen LogP contribution is 2.29. The molecule has 0 spiro atoms. The van der Waals surface area contributed by atoms with E-state index in [9.17, 15) is 9.90 Å². The van der Waals surface area contributed by atoms with Crippen molar-refractivity contribution >= 4 is 12.0 Å². The van der Waals surface area contributed by atoms with Gasteiger partial charge in [-0.1, -0.05) is 6.07 Å². The summed E-state index contributed by atoms with van der Waals surface area (Å²) in [7, 11) is 1.60. The minimum atomic E-state index is -0.277. The highest BCUT2D eigenvalue weighted by molar-refractivity contribution is 5.91. The van der Waals surface area contributed by atoms with E-state index in [0.717, 1.165) is 5.56 Å². The molecule has 0 aromatic heterocycles. The number of carbonyl (C=O) groups excluding carboxylic acids is 1. The molecule has 0 saturated carbocycles. The van der Waals surface area contributed by atoms with Crippen LogP contribution in [0.5, 0.6) is 11.5 Å². The molecule has 1 N–H and O–H groups in total. The third kappa shape index (κ3) is 4.99. The Hall–Kier alpha value is -2.01. The van der Waals surface area contributed by atoms with Crippen LogP contribution < -0.4 is 9.47 Å². The Morgan fingerprint density at radius 3 is 2.61 bits per heavy atom. The normalized spacial score (nSPS) is 16.1. The molecule has 0 aliphatic carbocycles. The van der Waals surface area contributed by atoms with Gasteiger partial charge in [0, 0.05) is 19.2 Å². The number of ether oxygens (including phenoxy) is 2. The summed E-state index contributed by atoms with van der Waals surface area (Å²) >= 11 is 0. The number of benzene rings is 1. The monoisotopic (exact) mass is 319 g/mol. The van der Waals surface area contributed by atoms with Gasteiger partial charge in [0.25, 0.3) is 0 Å². The molecule has 0 atom stereocenters. The van der Waals surface area contributed by atoms with Crippen LogP contribution in [0.1, 0.15) is 32.3 Å². The number of methoxy groups -OCH3 is 1. The molecule has 5 nitrogen and oxygen atoms in total. The SMILES string of the molecule is COc1cc(/C=C/C(=O)N2CCC(O)CC2)ccc1OC(C)C. The third-order valence-electron chi connectivity index (χ3n) is 3.74. The van der Waals surface area contributed by atoms with E-state index in [-0.39, 0.29) is 18.1 Å². The largest absolute Gasteiger partial charge is 0.493 e. The fraction of sp³-hybridized carbons (Fsp3) is 0.500. The van der Waals surface area contributed by atoms with Crippen molar-refractivity contribution in [2.24, 2.45) is 0 Å². The average molecular weight is 319 g/mol. The Morgan fingerprint density at radius 2 is 2.00 bits per heavy atom. The highest BCUT2D eigenvalue weighted by atomic mass is 16.5. The fourth-order valence-corrected chi connectivity index (χ4v) is 2.50. The molecular formula is C18H25NO4. The maximum atomic E-state index is 12.1. The zero-order valence-electron chi connectivity index (χ0n) is 14.0. The summed E-state index contributed by atoms with van der Waals surface area (Å²) in [6.45, 7) is 5.13. The topological polar surface area (TPSA) is 59.0 Å². The number of likely N-dealkylation sites (tertiary alicyclic amines) is 1. The fourth-order valence-electron chi connectivity index (χ4n) is 2.50. The second-order valence-electron chi connectivity index (χ2n) is 5.97. The van der Waals surface area contributed by atoms with Crippen molar-refractivity contribution in [3.05, 3.63) is 29.8 Å². The Labute approximate surface area is 137 Å². The number of piperidine rings is 1. The van der Waals surface area contributed by atoms with Gasteiger partial charge in [-0.15, -0.1) is 0 Å². The van der Waals surface area contributed by atoms with E-state index in [2.05, 4.69) is 0 Å². The van der Waals surface area contributed by atoms with Crippen molar-refractivity contribution in [2.45, 2.75) is 38.9 Å². The first kappa shape index (κ1) is 17.3. The second kappa shape index (κ2) is 8.02. The van der Waals surface area contributed by atoms with Gasteiger partial charge in [0.2, 0.25) is 5.91 Å². The third-order valence-corrected chi connectivity index (χ3v) is 3.74. The van der Waals surface area contributed by atoms with Gasteiger partial charge in [0.15, 0.2) is 11.5 Å². The van der Waals surface area contributed by atoms with E-state index >= 15 is 0 Å². The summed E-state index contributed by atoms with van der Waals surface area (Å²) in [5, 5.41) is 9.48. The first-order chi connectivity index (χ1) is 11.0. The molecule has 1 aliphatic rings. The Bertz CT molecular complexity index is 560. The Balaban J connectivity index is 2.03. The van der Waals surface area contributed by atoms with Crippen LogP contribution >= 0.6 is 0 Å². The van der Waals surface area contributed by atoms with Crippen molar-refractivity contribution in [1.82, 2.24) is 4.90 Å². The zero-order chi connectivity index (χ0) is 16.8. The lowest BCUT2D eigenvalue weighted by molar-refractivity contribution is -0.127. The highest BCUT2D eigenvalue weighted by Gasteiger charge is 2.19. The minimum Gasteiger partial charge on any atom is -0.493 e. The molecule has 1 saturated heterocycles. The van der Waals surface area contributed by atoms with Gasteiger partial charge in [-0.05, 0) is 50.5 Å². The molecular weight excluding hydrogens is 294 g/mol. The van der Waals surface area contributed by atoms with Gasteiger partial charge in [0.1, 0.15) is 0 Å². The molecule has 23 heavy (non-hydrogen) atoms. The van der Waals surface area contributed by atoms with Crippen molar-refractivity contribution < 1.29 is 19.4 Å². The maximum absolute atomic E-state index is 12.1. The van der Waals surface area contributed by atoms with Crippen LogP contribution in [-0.2, 0) is 4.79 Å². The van der Waals surface area contributed by atoms with Crippen molar-refractivity contribution in [1.29, 1.82) is 0 Å². The van der Waals surface area contributed by atoms with Gasteiger partial charge in [-0.25, -0.2) is 0 Å². The van der Waals surface area contributed by atoms with E-state index in [0.29, 0.717) is 37.4 Å². The molecule has 1 heterocycles. The van der Waals surface area contributed by atoms with Crippen LogP contribution in [0.2, 0.25) is 0 Å². The average Bonchev–Trinajstić information content (AvgIpc) is 2.53. The first-order valence-corrected chi connectivity index (χ1v) is 7.99. The molecule has 126 valence electrons.